The molecule has 2 unspecified atom stereocenters. The van der Waals surface area contributed by atoms with Crippen molar-refractivity contribution in [2.45, 2.75) is 52.7 Å². The van der Waals surface area contributed by atoms with E-state index in [1.165, 1.54) is 11.1 Å². The molecule has 0 aliphatic heterocycles. The molecule has 0 fully saturated rings. The predicted molar refractivity (Wildman–Crippen MR) is 77.9 cm³/mol. The third kappa shape index (κ3) is 5.19. The number of benzene rings is 1. The van der Waals surface area contributed by atoms with Gasteiger partial charge in [-0.05, 0) is 38.8 Å². The van der Waals surface area contributed by atoms with E-state index in [0.29, 0.717) is 6.10 Å². The minimum atomic E-state index is 0.159. The lowest BCUT2D eigenvalue weighted by molar-refractivity contribution is -0.00441. The maximum absolute atomic E-state index is 6.11. The minimum absolute atomic E-state index is 0.159. The monoisotopic (exact) mass is 249 g/mol. The van der Waals surface area contributed by atoms with Gasteiger partial charge in [0.15, 0.2) is 0 Å². The standard InChI is InChI=1S/C16H27NO/c1-5-11-17-12-16(18-14(4)6-2)15-9-7-13(3)8-10-15/h7-10,14,16-17H,5-6,11-12H2,1-4H3. The quantitative estimate of drug-likeness (QED) is 0.707. The molecule has 0 spiro atoms. The zero-order chi connectivity index (χ0) is 13.4. The number of aryl methyl sites for hydroxylation is 1. The minimum Gasteiger partial charge on any atom is -0.369 e. The summed E-state index contributed by atoms with van der Waals surface area (Å²) in [6, 6.07) is 8.66. The molecule has 18 heavy (non-hydrogen) atoms. The molecule has 0 bridgehead atoms. The summed E-state index contributed by atoms with van der Waals surface area (Å²) in [7, 11) is 0. The molecule has 0 radical (unpaired) electrons. The second kappa shape index (κ2) is 8.28. The molecule has 0 saturated carbocycles. The topological polar surface area (TPSA) is 21.3 Å². The third-order valence-corrected chi connectivity index (χ3v) is 3.18. The Balaban J connectivity index is 2.66. The molecule has 2 nitrogen and oxygen atoms in total. The van der Waals surface area contributed by atoms with Gasteiger partial charge in [0, 0.05) is 6.54 Å². The van der Waals surface area contributed by atoms with Gasteiger partial charge < -0.3 is 10.1 Å². The van der Waals surface area contributed by atoms with Crippen molar-refractivity contribution in [2.75, 3.05) is 13.1 Å². The van der Waals surface area contributed by atoms with E-state index in [0.717, 1.165) is 25.9 Å². The summed E-state index contributed by atoms with van der Waals surface area (Å²) in [6.45, 7) is 10.5. The van der Waals surface area contributed by atoms with Gasteiger partial charge >= 0.3 is 0 Å². The highest BCUT2D eigenvalue weighted by molar-refractivity contribution is 5.23. The van der Waals surface area contributed by atoms with Crippen molar-refractivity contribution >= 4 is 0 Å². The first kappa shape index (κ1) is 15.2. The molecule has 1 N–H and O–H groups in total. The summed E-state index contributed by atoms with van der Waals surface area (Å²) >= 11 is 0. The van der Waals surface area contributed by atoms with Gasteiger partial charge in [-0.15, -0.1) is 0 Å². The van der Waals surface area contributed by atoms with Crippen LogP contribution in [0.3, 0.4) is 0 Å². The number of hydrogen-bond donors (Lipinski definition) is 1. The van der Waals surface area contributed by atoms with Crippen molar-refractivity contribution in [3.8, 4) is 0 Å². The molecule has 0 heterocycles. The molecule has 1 aromatic carbocycles. The second-order valence-electron chi connectivity index (χ2n) is 4.96. The van der Waals surface area contributed by atoms with Gasteiger partial charge in [-0.25, -0.2) is 0 Å². The lowest BCUT2D eigenvalue weighted by Gasteiger charge is -2.23. The lowest BCUT2D eigenvalue weighted by Crippen LogP contribution is -2.26. The van der Waals surface area contributed by atoms with Crippen LogP contribution in [0.4, 0.5) is 0 Å². The van der Waals surface area contributed by atoms with E-state index < -0.39 is 0 Å². The van der Waals surface area contributed by atoms with E-state index in [2.05, 4.69) is 57.3 Å². The Hall–Kier alpha value is -0.860. The van der Waals surface area contributed by atoms with Gasteiger partial charge in [0.1, 0.15) is 0 Å². The first-order chi connectivity index (χ1) is 8.67. The van der Waals surface area contributed by atoms with Crippen molar-refractivity contribution in [1.82, 2.24) is 5.32 Å². The van der Waals surface area contributed by atoms with Crippen LogP contribution in [0.5, 0.6) is 0 Å². The number of ether oxygens (including phenoxy) is 1. The van der Waals surface area contributed by atoms with Gasteiger partial charge in [-0.1, -0.05) is 43.7 Å². The Morgan fingerprint density at radius 3 is 2.39 bits per heavy atom. The van der Waals surface area contributed by atoms with E-state index in [1.54, 1.807) is 0 Å². The zero-order valence-corrected chi connectivity index (χ0v) is 12.2. The van der Waals surface area contributed by atoms with Crippen LogP contribution >= 0.6 is 0 Å². The first-order valence-corrected chi connectivity index (χ1v) is 7.10. The fraction of sp³-hybridized carbons (Fsp3) is 0.625. The Morgan fingerprint density at radius 1 is 1.17 bits per heavy atom. The van der Waals surface area contributed by atoms with Crippen LogP contribution < -0.4 is 5.32 Å². The molecular formula is C16H27NO. The normalized spacial score (nSPS) is 14.4. The highest BCUT2D eigenvalue weighted by atomic mass is 16.5. The SMILES string of the molecule is CCCNCC(OC(C)CC)c1ccc(C)cc1. The van der Waals surface area contributed by atoms with Crippen LogP contribution in [0.15, 0.2) is 24.3 Å². The van der Waals surface area contributed by atoms with E-state index in [9.17, 15) is 0 Å². The molecule has 0 amide bonds. The summed E-state index contributed by atoms with van der Waals surface area (Å²) in [4.78, 5) is 0. The summed E-state index contributed by atoms with van der Waals surface area (Å²) < 4.78 is 6.11. The molecule has 0 saturated heterocycles. The number of nitrogens with one attached hydrogen (secondary N) is 1. The molecule has 1 aromatic rings. The zero-order valence-electron chi connectivity index (χ0n) is 12.2. The van der Waals surface area contributed by atoms with Crippen molar-refractivity contribution in [3.05, 3.63) is 35.4 Å². The molecule has 0 aromatic heterocycles. The predicted octanol–water partition coefficient (Wildman–Crippen LogP) is 3.85. The fourth-order valence-electron chi connectivity index (χ4n) is 1.81. The van der Waals surface area contributed by atoms with Gasteiger partial charge in [-0.2, -0.15) is 0 Å². The van der Waals surface area contributed by atoms with Crippen LogP contribution in [0, 0.1) is 6.92 Å². The molecular weight excluding hydrogens is 222 g/mol. The van der Waals surface area contributed by atoms with Crippen LogP contribution in [-0.4, -0.2) is 19.2 Å². The first-order valence-electron chi connectivity index (χ1n) is 7.10. The summed E-state index contributed by atoms with van der Waals surface area (Å²) in [5.41, 5.74) is 2.56. The molecule has 0 aliphatic rings. The Labute approximate surface area is 112 Å². The fourth-order valence-corrected chi connectivity index (χ4v) is 1.81. The average molecular weight is 249 g/mol. The van der Waals surface area contributed by atoms with Crippen molar-refractivity contribution in [3.63, 3.8) is 0 Å². The smallest absolute Gasteiger partial charge is 0.0952 e. The van der Waals surface area contributed by atoms with Gasteiger partial charge in [0.25, 0.3) is 0 Å². The Morgan fingerprint density at radius 2 is 1.83 bits per heavy atom. The molecule has 1 rings (SSSR count). The molecule has 102 valence electrons. The highest BCUT2D eigenvalue weighted by Gasteiger charge is 2.14. The van der Waals surface area contributed by atoms with E-state index in [1.807, 2.05) is 0 Å². The summed E-state index contributed by atoms with van der Waals surface area (Å²) in [5.74, 6) is 0. The van der Waals surface area contributed by atoms with Gasteiger partial charge in [0.2, 0.25) is 0 Å². The van der Waals surface area contributed by atoms with Crippen molar-refractivity contribution in [2.24, 2.45) is 0 Å². The van der Waals surface area contributed by atoms with Crippen LogP contribution in [0.25, 0.3) is 0 Å². The summed E-state index contributed by atoms with van der Waals surface area (Å²) in [6.07, 6.45) is 2.67. The van der Waals surface area contributed by atoms with E-state index >= 15 is 0 Å². The van der Waals surface area contributed by atoms with Gasteiger partial charge in [0.05, 0.1) is 12.2 Å². The largest absolute Gasteiger partial charge is 0.369 e. The average Bonchev–Trinajstić information content (AvgIpc) is 2.38. The molecule has 0 aliphatic carbocycles. The van der Waals surface area contributed by atoms with Crippen molar-refractivity contribution in [1.29, 1.82) is 0 Å². The van der Waals surface area contributed by atoms with Crippen LogP contribution in [0.1, 0.15) is 50.8 Å². The molecule has 2 heteroatoms. The number of hydrogen-bond acceptors (Lipinski definition) is 2. The third-order valence-electron chi connectivity index (χ3n) is 3.18. The highest BCUT2D eigenvalue weighted by Crippen LogP contribution is 2.20. The van der Waals surface area contributed by atoms with Crippen LogP contribution in [-0.2, 0) is 4.74 Å². The van der Waals surface area contributed by atoms with Gasteiger partial charge in [-0.3, -0.25) is 0 Å². The van der Waals surface area contributed by atoms with Crippen LogP contribution in [0.2, 0.25) is 0 Å². The Bertz CT molecular complexity index is 320. The summed E-state index contributed by atoms with van der Waals surface area (Å²) in [5, 5.41) is 3.45. The second-order valence-corrected chi connectivity index (χ2v) is 4.96. The van der Waals surface area contributed by atoms with E-state index in [4.69, 9.17) is 4.74 Å². The maximum Gasteiger partial charge on any atom is 0.0952 e. The lowest BCUT2D eigenvalue weighted by atomic mass is 10.1. The van der Waals surface area contributed by atoms with Crippen molar-refractivity contribution < 1.29 is 4.74 Å². The number of rotatable bonds is 8. The van der Waals surface area contributed by atoms with E-state index in [-0.39, 0.29) is 6.10 Å². The maximum atomic E-state index is 6.11. The Kier molecular flexibility index (Phi) is 6.99. The molecule has 2 atom stereocenters.